The lowest BCUT2D eigenvalue weighted by Crippen LogP contribution is -2.29. The largest absolute Gasteiger partial charge is 0.312 e. The van der Waals surface area contributed by atoms with Crippen LogP contribution in [0.1, 0.15) is 11.3 Å². The zero-order chi connectivity index (χ0) is 8.55. The first-order valence-corrected chi connectivity index (χ1v) is 4.16. The maximum atomic E-state index is 5.88. The monoisotopic (exact) mass is 179 g/mol. The van der Waals surface area contributed by atoms with E-state index in [1.54, 1.807) is 0 Å². The molecule has 1 aromatic rings. The molecule has 1 aliphatic rings. The third kappa shape index (κ3) is 1.32. The molecule has 2 heterocycles. The van der Waals surface area contributed by atoms with E-state index in [0.717, 1.165) is 30.8 Å². The number of hydrogen-bond donors (Lipinski definition) is 1. The van der Waals surface area contributed by atoms with Gasteiger partial charge in [-0.3, -0.25) is 0 Å². The number of fused-ring (bicyclic) bond motifs is 1. The van der Waals surface area contributed by atoms with E-state index in [2.05, 4.69) is 15.3 Å². The van der Waals surface area contributed by atoms with Crippen molar-refractivity contribution in [1.29, 1.82) is 0 Å². The summed E-state index contributed by atoms with van der Waals surface area (Å²) in [5, 5.41) is 3.67. The van der Waals surface area contributed by atoms with E-state index in [0.29, 0.717) is 5.15 Å². The Morgan fingerprint density at radius 1 is 1.42 bits per heavy atom. The van der Waals surface area contributed by atoms with Crippen LogP contribution in [-0.4, -0.2) is 24.4 Å². The second-order valence-corrected chi connectivity index (χ2v) is 3.08. The van der Waals surface area contributed by atoms with Gasteiger partial charge in [0.2, 0.25) is 0 Å². The Labute approximate surface area is 77.0 Å². The molecular formula is C7H7BClN3. The topological polar surface area (TPSA) is 37.8 Å². The molecule has 0 atom stereocenters. The molecule has 2 rings (SSSR count). The number of nitrogens with zero attached hydrogens (tertiary/aromatic N) is 2. The van der Waals surface area contributed by atoms with Gasteiger partial charge in [-0.2, -0.15) is 0 Å². The molecule has 0 amide bonds. The fourth-order valence-electron chi connectivity index (χ4n) is 1.32. The van der Waals surface area contributed by atoms with Gasteiger partial charge in [-0.25, -0.2) is 9.97 Å². The van der Waals surface area contributed by atoms with Gasteiger partial charge in [0.15, 0.2) is 7.85 Å². The summed E-state index contributed by atoms with van der Waals surface area (Å²) in [6.45, 7) is 1.67. The number of aromatic nitrogens is 2. The van der Waals surface area contributed by atoms with Crippen LogP contribution >= 0.6 is 11.6 Å². The van der Waals surface area contributed by atoms with E-state index in [1.807, 2.05) is 0 Å². The van der Waals surface area contributed by atoms with Gasteiger partial charge < -0.3 is 5.32 Å². The van der Waals surface area contributed by atoms with Gasteiger partial charge in [-0.05, 0) is 0 Å². The molecule has 12 heavy (non-hydrogen) atoms. The van der Waals surface area contributed by atoms with Gasteiger partial charge in [0.25, 0.3) is 0 Å². The molecule has 60 valence electrons. The average molecular weight is 179 g/mol. The van der Waals surface area contributed by atoms with E-state index < -0.39 is 0 Å². The van der Waals surface area contributed by atoms with Crippen molar-refractivity contribution in [2.45, 2.75) is 13.0 Å². The number of rotatable bonds is 0. The smallest absolute Gasteiger partial charge is 0.170 e. The van der Waals surface area contributed by atoms with Crippen LogP contribution < -0.4 is 11.0 Å². The number of hydrogen-bond acceptors (Lipinski definition) is 3. The highest BCUT2D eigenvalue weighted by Gasteiger charge is 2.14. The van der Waals surface area contributed by atoms with Crippen LogP contribution in [-0.2, 0) is 13.0 Å². The van der Waals surface area contributed by atoms with E-state index in [1.165, 1.54) is 0 Å². The Morgan fingerprint density at radius 2 is 2.25 bits per heavy atom. The number of halogens is 1. The van der Waals surface area contributed by atoms with Crippen LogP contribution in [0.2, 0.25) is 5.15 Å². The summed E-state index contributed by atoms with van der Waals surface area (Å²) in [4.78, 5) is 8.00. The predicted molar refractivity (Wildman–Crippen MR) is 47.8 cm³/mol. The third-order valence-electron chi connectivity index (χ3n) is 1.90. The van der Waals surface area contributed by atoms with Crippen LogP contribution in [0.4, 0.5) is 0 Å². The van der Waals surface area contributed by atoms with Crippen molar-refractivity contribution in [3.8, 4) is 0 Å². The molecule has 0 fully saturated rings. The lowest BCUT2D eigenvalue weighted by atomic mass is 10.1. The molecule has 0 bridgehead atoms. The molecule has 2 radical (unpaired) electrons. The molecule has 1 N–H and O–H groups in total. The van der Waals surface area contributed by atoms with Crippen molar-refractivity contribution >= 4 is 25.2 Å². The van der Waals surface area contributed by atoms with Crippen LogP contribution in [0.25, 0.3) is 0 Å². The fourth-order valence-corrected chi connectivity index (χ4v) is 1.58. The minimum Gasteiger partial charge on any atom is -0.312 e. The summed E-state index contributed by atoms with van der Waals surface area (Å²) in [5.74, 6) is 0. The maximum absolute atomic E-state index is 5.88. The molecule has 0 spiro atoms. The highest BCUT2D eigenvalue weighted by molar-refractivity contribution is 6.33. The van der Waals surface area contributed by atoms with Crippen LogP contribution in [0.3, 0.4) is 0 Å². The zero-order valence-corrected chi connectivity index (χ0v) is 7.23. The molecule has 0 aromatic carbocycles. The summed E-state index contributed by atoms with van der Waals surface area (Å²) in [7, 11) is 5.46. The molecule has 0 saturated heterocycles. The number of nitrogens with one attached hydrogen (secondary N) is 1. The zero-order valence-electron chi connectivity index (χ0n) is 6.47. The Bertz CT molecular complexity index is 316. The van der Waals surface area contributed by atoms with Crippen molar-refractivity contribution < 1.29 is 0 Å². The minimum atomic E-state index is 0.264. The maximum Gasteiger partial charge on any atom is 0.170 e. The Balaban J connectivity index is 2.53. The average Bonchev–Trinajstić information content (AvgIpc) is 2.04. The molecule has 0 aliphatic carbocycles. The van der Waals surface area contributed by atoms with Crippen molar-refractivity contribution in [3.63, 3.8) is 0 Å². The van der Waals surface area contributed by atoms with E-state index in [-0.39, 0.29) is 5.72 Å². The Morgan fingerprint density at radius 3 is 3.08 bits per heavy atom. The first-order chi connectivity index (χ1) is 5.77. The SMILES string of the molecule is [B]c1nc(Cl)c2c(n1)CCNC2. The highest BCUT2D eigenvalue weighted by Crippen LogP contribution is 2.16. The highest BCUT2D eigenvalue weighted by atomic mass is 35.5. The normalized spacial score (nSPS) is 15.8. The fraction of sp³-hybridized carbons (Fsp3) is 0.429. The molecular weight excluding hydrogens is 172 g/mol. The molecule has 1 aromatic heterocycles. The van der Waals surface area contributed by atoms with Crippen LogP contribution in [0, 0.1) is 0 Å². The molecule has 1 aliphatic heterocycles. The second kappa shape index (κ2) is 3.03. The summed E-state index contributed by atoms with van der Waals surface area (Å²) in [6, 6.07) is 0. The Hall–Kier alpha value is -0.605. The lowest BCUT2D eigenvalue weighted by molar-refractivity contribution is 0.628. The van der Waals surface area contributed by atoms with Crippen molar-refractivity contribution in [1.82, 2.24) is 15.3 Å². The summed E-state index contributed by atoms with van der Waals surface area (Å²) < 4.78 is 0. The van der Waals surface area contributed by atoms with E-state index in [4.69, 9.17) is 19.4 Å². The van der Waals surface area contributed by atoms with Gasteiger partial charge >= 0.3 is 0 Å². The second-order valence-electron chi connectivity index (χ2n) is 2.72. The molecule has 5 heteroatoms. The van der Waals surface area contributed by atoms with Crippen molar-refractivity contribution in [2.24, 2.45) is 0 Å². The van der Waals surface area contributed by atoms with E-state index in [9.17, 15) is 0 Å². The third-order valence-corrected chi connectivity index (χ3v) is 2.21. The van der Waals surface area contributed by atoms with Crippen molar-refractivity contribution in [3.05, 3.63) is 16.4 Å². The minimum absolute atomic E-state index is 0.264. The summed E-state index contributed by atoms with van der Waals surface area (Å²) >= 11 is 5.88. The van der Waals surface area contributed by atoms with Gasteiger partial charge in [0.05, 0.1) is 11.4 Å². The quantitative estimate of drug-likeness (QED) is 0.434. The van der Waals surface area contributed by atoms with Crippen LogP contribution in [0.5, 0.6) is 0 Å². The molecule has 0 unspecified atom stereocenters. The first-order valence-electron chi connectivity index (χ1n) is 3.79. The van der Waals surface area contributed by atoms with Gasteiger partial charge in [-0.15, -0.1) is 0 Å². The standard InChI is InChI=1S/C7H7BClN3/c8-7-11-5-1-2-10-3-4(5)6(9)12-7/h10H,1-3H2. The predicted octanol–water partition coefficient (Wildman–Crippen LogP) is -0.431. The van der Waals surface area contributed by atoms with Gasteiger partial charge in [0, 0.05) is 25.1 Å². The van der Waals surface area contributed by atoms with Gasteiger partial charge in [0.1, 0.15) is 5.15 Å². The lowest BCUT2D eigenvalue weighted by Gasteiger charge is -2.16. The Kier molecular flexibility index (Phi) is 2.03. The molecule has 0 saturated carbocycles. The van der Waals surface area contributed by atoms with Crippen molar-refractivity contribution in [2.75, 3.05) is 6.54 Å². The van der Waals surface area contributed by atoms with E-state index >= 15 is 0 Å². The first kappa shape index (κ1) is 8.01. The van der Waals surface area contributed by atoms with Crippen LogP contribution in [0.15, 0.2) is 0 Å². The molecule has 3 nitrogen and oxygen atoms in total. The summed E-state index contributed by atoms with van der Waals surface area (Å²) in [6.07, 6.45) is 0.877. The summed E-state index contributed by atoms with van der Waals surface area (Å²) in [5.41, 5.74) is 2.23. The van der Waals surface area contributed by atoms with Gasteiger partial charge in [-0.1, -0.05) is 11.6 Å².